The van der Waals surface area contributed by atoms with Crippen molar-refractivity contribution in [2.45, 2.75) is 13.3 Å². The quantitative estimate of drug-likeness (QED) is 0.746. The zero-order valence-corrected chi connectivity index (χ0v) is 10.3. The Balaban J connectivity index is 1.99. The first-order chi connectivity index (χ1) is 9.11. The number of nitrogens with zero attached hydrogens (tertiary/aromatic N) is 3. The highest BCUT2D eigenvalue weighted by Gasteiger charge is 2.10. The highest BCUT2D eigenvalue weighted by atomic mass is 16.4. The summed E-state index contributed by atoms with van der Waals surface area (Å²) in [6.07, 6.45) is 1.55. The fraction of sp³-hybridized carbons (Fsp3) is 0.154. The Morgan fingerprint density at radius 1 is 1.42 bits per heavy atom. The van der Waals surface area contributed by atoms with Crippen LogP contribution >= 0.6 is 0 Å². The summed E-state index contributed by atoms with van der Waals surface area (Å²) in [5, 5.41) is 11.8. The van der Waals surface area contributed by atoms with E-state index in [4.69, 9.17) is 5.11 Å². The molecule has 0 aliphatic rings. The molecule has 0 saturated carbocycles. The number of carboxylic acids is 1. The van der Waals surface area contributed by atoms with Gasteiger partial charge in [0.05, 0.1) is 18.3 Å². The molecule has 0 saturated heterocycles. The Labute approximate surface area is 108 Å². The van der Waals surface area contributed by atoms with E-state index in [1.807, 2.05) is 31.2 Å². The molecule has 0 radical (unpaired) electrons. The van der Waals surface area contributed by atoms with E-state index in [2.05, 4.69) is 15.1 Å². The van der Waals surface area contributed by atoms with Crippen LogP contribution in [0.3, 0.4) is 0 Å². The minimum atomic E-state index is -0.903. The van der Waals surface area contributed by atoms with Crippen LogP contribution in [0.25, 0.3) is 17.2 Å². The number of hydrogen-bond acceptors (Lipinski definition) is 3. The molecular formula is C13H12N4O2. The zero-order valence-electron chi connectivity index (χ0n) is 10.3. The molecule has 2 N–H and O–H groups in total. The van der Waals surface area contributed by atoms with E-state index in [-0.39, 0.29) is 6.42 Å². The number of carbonyl (C=O) groups is 1. The number of aromatic nitrogens is 4. The number of aryl methyl sites for hydroxylation is 1. The van der Waals surface area contributed by atoms with Crippen molar-refractivity contribution in [2.24, 2.45) is 0 Å². The predicted molar refractivity (Wildman–Crippen MR) is 68.9 cm³/mol. The van der Waals surface area contributed by atoms with Crippen molar-refractivity contribution in [1.82, 2.24) is 19.6 Å². The van der Waals surface area contributed by atoms with Crippen molar-refractivity contribution in [3.05, 3.63) is 41.7 Å². The van der Waals surface area contributed by atoms with Crippen molar-refractivity contribution in [3.63, 3.8) is 0 Å². The molecule has 0 atom stereocenters. The lowest BCUT2D eigenvalue weighted by molar-refractivity contribution is -0.136. The van der Waals surface area contributed by atoms with E-state index in [0.29, 0.717) is 17.3 Å². The summed E-state index contributed by atoms with van der Waals surface area (Å²) in [7, 11) is 0. The summed E-state index contributed by atoms with van der Waals surface area (Å²) in [5.74, 6) is 0.292. The minimum Gasteiger partial charge on any atom is -0.481 e. The molecule has 0 bridgehead atoms. The first-order valence-electron chi connectivity index (χ1n) is 5.84. The van der Waals surface area contributed by atoms with Crippen LogP contribution in [-0.4, -0.2) is 30.7 Å². The number of hydrogen-bond donors (Lipinski definition) is 2. The molecule has 1 aromatic carbocycles. The second-order valence-electron chi connectivity index (χ2n) is 4.41. The van der Waals surface area contributed by atoms with Gasteiger partial charge in [-0.1, -0.05) is 23.8 Å². The van der Waals surface area contributed by atoms with Gasteiger partial charge in [-0.3, -0.25) is 9.89 Å². The van der Waals surface area contributed by atoms with E-state index in [1.54, 1.807) is 10.7 Å². The highest BCUT2D eigenvalue weighted by molar-refractivity contribution is 5.69. The third kappa shape index (κ3) is 2.20. The van der Waals surface area contributed by atoms with E-state index >= 15 is 0 Å². The molecule has 19 heavy (non-hydrogen) atoms. The van der Waals surface area contributed by atoms with Crippen molar-refractivity contribution < 1.29 is 9.90 Å². The van der Waals surface area contributed by atoms with E-state index < -0.39 is 5.97 Å². The van der Waals surface area contributed by atoms with E-state index in [0.717, 1.165) is 11.1 Å². The monoisotopic (exact) mass is 256 g/mol. The van der Waals surface area contributed by atoms with Gasteiger partial charge in [0.1, 0.15) is 0 Å². The standard InChI is InChI=1S/C13H12N4O2/c1-8-3-2-4-9(5-8)12-15-13-14-10(6-11(18)19)7-17(13)16-12/h2-5,7H,6H2,1H3,(H,18,19)(H,14,15,16). The van der Waals surface area contributed by atoms with Crippen LogP contribution in [0.1, 0.15) is 11.3 Å². The summed E-state index contributed by atoms with van der Waals surface area (Å²) >= 11 is 0. The first-order valence-corrected chi connectivity index (χ1v) is 5.84. The molecule has 3 aromatic rings. The van der Waals surface area contributed by atoms with Crippen molar-refractivity contribution in [3.8, 4) is 11.4 Å². The lowest BCUT2D eigenvalue weighted by Gasteiger charge is -1.97. The molecule has 2 aromatic heterocycles. The van der Waals surface area contributed by atoms with Gasteiger partial charge in [-0.25, -0.2) is 9.50 Å². The lowest BCUT2D eigenvalue weighted by Crippen LogP contribution is -2.00. The molecule has 6 heteroatoms. The van der Waals surface area contributed by atoms with Gasteiger partial charge in [0.2, 0.25) is 0 Å². The number of carboxylic acid groups (broad SMARTS) is 1. The van der Waals surface area contributed by atoms with Crippen LogP contribution in [0.2, 0.25) is 0 Å². The number of rotatable bonds is 3. The zero-order chi connectivity index (χ0) is 13.4. The third-order valence-electron chi connectivity index (χ3n) is 2.80. The Morgan fingerprint density at radius 3 is 2.95 bits per heavy atom. The number of aromatic amines is 1. The third-order valence-corrected chi connectivity index (χ3v) is 2.80. The van der Waals surface area contributed by atoms with E-state index in [1.165, 1.54) is 0 Å². The maximum absolute atomic E-state index is 10.6. The van der Waals surface area contributed by atoms with E-state index in [9.17, 15) is 4.79 Å². The molecule has 0 aliphatic carbocycles. The van der Waals surface area contributed by atoms with Crippen molar-refractivity contribution in [2.75, 3.05) is 0 Å². The number of benzene rings is 1. The molecule has 96 valence electrons. The van der Waals surface area contributed by atoms with Gasteiger partial charge in [-0.2, -0.15) is 4.98 Å². The average molecular weight is 256 g/mol. The number of imidazole rings is 1. The molecule has 0 spiro atoms. The number of aliphatic carboxylic acids is 1. The molecule has 6 nitrogen and oxygen atoms in total. The van der Waals surface area contributed by atoms with Gasteiger partial charge in [0.15, 0.2) is 5.82 Å². The second kappa shape index (κ2) is 4.24. The Hall–Kier alpha value is -2.63. The molecule has 0 amide bonds. The smallest absolute Gasteiger partial charge is 0.309 e. The average Bonchev–Trinajstić information content (AvgIpc) is 2.85. The van der Waals surface area contributed by atoms with Gasteiger partial charge in [0, 0.05) is 5.56 Å². The summed E-state index contributed by atoms with van der Waals surface area (Å²) in [5.41, 5.74) is 2.62. The summed E-state index contributed by atoms with van der Waals surface area (Å²) < 4.78 is 1.63. The first kappa shape index (κ1) is 11.5. The van der Waals surface area contributed by atoms with Gasteiger partial charge >= 0.3 is 5.97 Å². The topological polar surface area (TPSA) is 83.3 Å². The van der Waals surface area contributed by atoms with Crippen LogP contribution in [0.4, 0.5) is 0 Å². The molecule has 3 rings (SSSR count). The maximum atomic E-state index is 10.6. The second-order valence-corrected chi connectivity index (χ2v) is 4.41. The van der Waals surface area contributed by atoms with Gasteiger partial charge < -0.3 is 5.11 Å². The lowest BCUT2D eigenvalue weighted by atomic mass is 10.1. The Bertz CT molecular complexity index is 725. The molecule has 0 aliphatic heterocycles. The fourth-order valence-corrected chi connectivity index (χ4v) is 1.98. The Morgan fingerprint density at radius 2 is 2.26 bits per heavy atom. The van der Waals surface area contributed by atoms with Crippen LogP contribution in [0, 0.1) is 6.92 Å². The largest absolute Gasteiger partial charge is 0.481 e. The van der Waals surface area contributed by atoms with Crippen LogP contribution in [-0.2, 0) is 11.2 Å². The molecule has 0 fully saturated rings. The highest BCUT2D eigenvalue weighted by Crippen LogP contribution is 2.17. The van der Waals surface area contributed by atoms with Gasteiger partial charge in [-0.15, -0.1) is 0 Å². The summed E-state index contributed by atoms with van der Waals surface area (Å²) in [4.78, 5) is 19.1. The molecule has 0 unspecified atom stereocenters. The van der Waals surface area contributed by atoms with Gasteiger partial charge in [-0.05, 0) is 13.0 Å². The predicted octanol–water partition coefficient (Wildman–Crippen LogP) is 1.66. The number of fused-ring (bicyclic) bond motifs is 1. The van der Waals surface area contributed by atoms with Crippen molar-refractivity contribution in [1.29, 1.82) is 0 Å². The fourth-order valence-electron chi connectivity index (χ4n) is 1.98. The normalized spacial score (nSPS) is 11.0. The van der Waals surface area contributed by atoms with Gasteiger partial charge in [0.25, 0.3) is 5.78 Å². The molecular weight excluding hydrogens is 244 g/mol. The summed E-state index contributed by atoms with van der Waals surface area (Å²) in [6.45, 7) is 2.02. The minimum absolute atomic E-state index is 0.100. The van der Waals surface area contributed by atoms with Crippen LogP contribution in [0.15, 0.2) is 30.5 Å². The van der Waals surface area contributed by atoms with Crippen LogP contribution < -0.4 is 0 Å². The maximum Gasteiger partial charge on any atom is 0.309 e. The van der Waals surface area contributed by atoms with Crippen LogP contribution in [0.5, 0.6) is 0 Å². The number of nitrogens with one attached hydrogen (secondary N) is 1. The summed E-state index contributed by atoms with van der Waals surface area (Å²) in [6, 6.07) is 7.97. The SMILES string of the molecule is Cc1cccc(-c2nc3nc(CC(=O)O)cn3[nH]2)c1. The van der Waals surface area contributed by atoms with Crippen molar-refractivity contribution >= 4 is 11.7 Å². The number of H-pyrrole nitrogens is 1. The Kier molecular flexibility index (Phi) is 2.56. The molecule has 2 heterocycles.